The van der Waals surface area contributed by atoms with Gasteiger partial charge in [-0.05, 0) is 63.9 Å². The highest BCUT2D eigenvalue weighted by Gasteiger charge is 2.14. The van der Waals surface area contributed by atoms with E-state index in [1.807, 2.05) is 18.1 Å². The summed E-state index contributed by atoms with van der Waals surface area (Å²) in [5, 5.41) is 87.0. The normalized spacial score (nSPS) is 15.5. The predicted octanol–water partition coefficient (Wildman–Crippen LogP) is 4.81. The van der Waals surface area contributed by atoms with Gasteiger partial charge in [-0.25, -0.2) is 4.79 Å². The zero-order valence-electron chi connectivity index (χ0n) is 34.3. The number of ketones is 1. The highest BCUT2D eigenvalue weighted by molar-refractivity contribution is 5.86. The summed E-state index contributed by atoms with van der Waals surface area (Å²) in [6.45, 7) is 0. The van der Waals surface area contributed by atoms with Crippen LogP contribution in [-0.4, -0.2) is 107 Å². The van der Waals surface area contributed by atoms with Crippen molar-refractivity contribution in [3.05, 3.63) is 36.5 Å². The Balaban J connectivity index is 3.81. The van der Waals surface area contributed by atoms with Crippen LogP contribution >= 0.6 is 0 Å². The molecule has 0 aromatic rings. The van der Waals surface area contributed by atoms with Crippen LogP contribution in [0, 0.1) is 47.9 Å². The quantitative estimate of drug-likeness (QED) is 0.0255. The lowest BCUT2D eigenvalue weighted by molar-refractivity contribution is -0.130. The van der Waals surface area contributed by atoms with Crippen molar-refractivity contribution in [1.29, 1.82) is 0 Å². The minimum absolute atomic E-state index is 0.0838. The lowest BCUT2D eigenvalue weighted by Crippen LogP contribution is -2.24. The van der Waals surface area contributed by atoms with Crippen molar-refractivity contribution in [2.45, 2.75) is 197 Å². The second-order valence-electron chi connectivity index (χ2n) is 14.6. The Morgan fingerprint density at radius 2 is 1.05 bits per heavy atom. The van der Waals surface area contributed by atoms with Gasteiger partial charge < -0.3 is 46.0 Å². The number of rotatable bonds is 32. The predicted molar refractivity (Wildman–Crippen MR) is 226 cm³/mol. The van der Waals surface area contributed by atoms with Crippen LogP contribution in [0.2, 0.25) is 0 Å². The maximum Gasteiger partial charge on any atom is 0.381 e. The Labute approximate surface area is 347 Å². The van der Waals surface area contributed by atoms with Crippen molar-refractivity contribution >= 4 is 11.8 Å². The number of terminal acetylenes is 1. The van der Waals surface area contributed by atoms with Crippen molar-refractivity contribution in [1.82, 2.24) is 0 Å². The van der Waals surface area contributed by atoms with Gasteiger partial charge in [0.1, 0.15) is 30.5 Å². The average molecular weight is 811 g/mol. The number of Topliss-reactive ketones (excluding diaryl/α,β-unsaturated/α-hetero) is 1. The smallest absolute Gasteiger partial charge is 0.381 e. The van der Waals surface area contributed by atoms with E-state index in [4.69, 9.17) is 11.5 Å². The molecule has 0 spiro atoms. The first kappa shape index (κ1) is 54.3. The average Bonchev–Trinajstić information content (AvgIpc) is 3.20. The molecule has 0 bridgehead atoms. The third kappa shape index (κ3) is 35.4. The van der Waals surface area contributed by atoms with E-state index < -0.39 is 54.8 Å². The second kappa shape index (κ2) is 37.5. The third-order valence-electron chi connectivity index (χ3n) is 9.21. The summed E-state index contributed by atoms with van der Waals surface area (Å²) in [4.78, 5) is 22.7. The van der Waals surface area contributed by atoms with E-state index in [9.17, 15) is 50.4 Å². The van der Waals surface area contributed by atoms with E-state index in [1.165, 1.54) is 44.3 Å². The SMILES string of the molecule is C#C[C@@H](O)C=C[C@@H](O)CC=CC[C@H](O)C#C[C@H](O)C#C[C@@H](O)CCCC=CCCC[C@@H](O)C(=O)CCCCCCCCCCCCCCC[C@H](O)[C@H](O)C#CC(=O)O. The maximum absolute atomic E-state index is 12.3. The van der Waals surface area contributed by atoms with Gasteiger partial charge in [0.05, 0.1) is 12.2 Å². The van der Waals surface area contributed by atoms with Crippen LogP contribution in [0.1, 0.15) is 148 Å². The summed E-state index contributed by atoms with van der Waals surface area (Å²) in [7, 11) is 0. The Morgan fingerprint density at radius 1 is 0.534 bits per heavy atom. The zero-order chi connectivity index (χ0) is 43.2. The summed E-state index contributed by atoms with van der Waals surface area (Å²) in [5.41, 5.74) is 0. The number of hydrogen-bond acceptors (Lipinski definition) is 10. The summed E-state index contributed by atoms with van der Waals surface area (Å²) in [5.74, 6) is 14.6. The molecular weight excluding hydrogens is 741 g/mol. The number of allylic oxidation sites excluding steroid dienone is 2. The van der Waals surface area contributed by atoms with Crippen molar-refractivity contribution in [2.24, 2.45) is 0 Å². The van der Waals surface area contributed by atoms with Gasteiger partial charge in [0.2, 0.25) is 0 Å². The first-order chi connectivity index (χ1) is 27.8. The van der Waals surface area contributed by atoms with Crippen LogP contribution < -0.4 is 0 Å². The van der Waals surface area contributed by atoms with Gasteiger partial charge in [0, 0.05) is 18.8 Å². The summed E-state index contributed by atoms with van der Waals surface area (Å²) >= 11 is 0. The van der Waals surface area contributed by atoms with E-state index in [-0.39, 0.29) is 18.6 Å². The zero-order valence-corrected chi connectivity index (χ0v) is 34.3. The maximum atomic E-state index is 12.3. The first-order valence-corrected chi connectivity index (χ1v) is 21.0. The van der Waals surface area contributed by atoms with Crippen molar-refractivity contribution < 1.29 is 55.5 Å². The third-order valence-corrected chi connectivity index (χ3v) is 9.21. The van der Waals surface area contributed by atoms with Crippen LogP contribution in [0.5, 0.6) is 0 Å². The monoisotopic (exact) mass is 810 g/mol. The largest absolute Gasteiger partial charge is 0.472 e. The first-order valence-electron chi connectivity index (χ1n) is 21.0. The van der Waals surface area contributed by atoms with Crippen LogP contribution in [0.25, 0.3) is 0 Å². The van der Waals surface area contributed by atoms with Crippen LogP contribution in [-0.2, 0) is 9.59 Å². The molecule has 0 aliphatic carbocycles. The molecule has 0 unspecified atom stereocenters. The topological polar surface area (TPSA) is 216 Å². The molecule has 0 aliphatic rings. The number of aliphatic hydroxyl groups is 8. The molecule has 0 rings (SSSR count). The van der Waals surface area contributed by atoms with E-state index in [0.717, 1.165) is 64.2 Å². The highest BCUT2D eigenvalue weighted by atomic mass is 16.4. The van der Waals surface area contributed by atoms with E-state index in [1.54, 1.807) is 12.2 Å². The van der Waals surface area contributed by atoms with Crippen LogP contribution in [0.4, 0.5) is 0 Å². The molecule has 0 saturated carbocycles. The van der Waals surface area contributed by atoms with Crippen molar-refractivity contribution in [3.8, 4) is 47.9 Å². The number of unbranched alkanes of at least 4 members (excludes halogenated alkanes) is 14. The Kier molecular flexibility index (Phi) is 35.1. The lowest BCUT2D eigenvalue weighted by Gasteiger charge is -2.12. The number of aliphatic hydroxyl groups excluding tert-OH is 8. The summed E-state index contributed by atoms with van der Waals surface area (Å²) < 4.78 is 0. The number of hydrogen-bond donors (Lipinski definition) is 9. The van der Waals surface area contributed by atoms with E-state index >= 15 is 0 Å². The van der Waals surface area contributed by atoms with Gasteiger partial charge in [-0.1, -0.05) is 143 Å². The Morgan fingerprint density at radius 3 is 1.62 bits per heavy atom. The molecule has 0 aliphatic heterocycles. The molecule has 9 N–H and O–H groups in total. The number of carbonyl (C=O) groups is 2. The summed E-state index contributed by atoms with van der Waals surface area (Å²) in [6, 6.07) is 0. The number of carboxylic acid groups (broad SMARTS) is 1. The molecular formula is C47H70O11. The van der Waals surface area contributed by atoms with E-state index in [0.29, 0.717) is 38.5 Å². The molecule has 0 amide bonds. The number of carbonyl (C=O) groups excluding carboxylic acids is 1. The fraction of sp³-hybridized carbons (Fsp3) is 0.660. The molecule has 0 aromatic heterocycles. The van der Waals surface area contributed by atoms with Gasteiger partial charge in [-0.15, -0.1) is 6.42 Å². The second-order valence-corrected chi connectivity index (χ2v) is 14.6. The molecule has 8 atom stereocenters. The molecule has 324 valence electrons. The standard InChI is InChI=1S/C47H70O11/c1-2-38(48)30-31-40(50)25-22-23-26-41(51)33-35-42(52)34-32-39(49)24-18-14-12-13-17-20-28-44(54)43(53)27-19-15-10-8-6-4-3-5-7-9-11-16-21-29-45(55)46(56)36-37-47(57)58/h1,12-13,22-23,30-31,38-42,44-46,48-52,54-56H,3-11,14-21,24-29H2,(H,57,58)/t38-,39+,40+,41+,42-,44-,45+,46-/m1/s1. The molecule has 11 nitrogen and oxygen atoms in total. The molecule has 58 heavy (non-hydrogen) atoms. The fourth-order valence-corrected chi connectivity index (χ4v) is 5.75. The van der Waals surface area contributed by atoms with Crippen LogP contribution in [0.15, 0.2) is 36.5 Å². The van der Waals surface area contributed by atoms with Crippen LogP contribution in [0.3, 0.4) is 0 Å². The van der Waals surface area contributed by atoms with Crippen molar-refractivity contribution in [2.75, 3.05) is 0 Å². The molecule has 0 radical (unpaired) electrons. The minimum atomic E-state index is -1.33. The molecule has 11 heteroatoms. The van der Waals surface area contributed by atoms with Crippen molar-refractivity contribution in [3.63, 3.8) is 0 Å². The minimum Gasteiger partial charge on any atom is -0.472 e. The molecule has 0 aromatic carbocycles. The van der Waals surface area contributed by atoms with E-state index in [2.05, 4.69) is 35.5 Å². The fourth-order valence-electron chi connectivity index (χ4n) is 5.75. The highest BCUT2D eigenvalue weighted by Crippen LogP contribution is 2.15. The van der Waals surface area contributed by atoms with Gasteiger partial charge in [0.15, 0.2) is 11.9 Å². The Bertz CT molecular complexity index is 1410. The van der Waals surface area contributed by atoms with Gasteiger partial charge in [0.25, 0.3) is 0 Å². The summed E-state index contributed by atoms with van der Waals surface area (Å²) in [6.07, 6.45) is 25.6. The van der Waals surface area contributed by atoms with Gasteiger partial charge in [-0.2, -0.15) is 0 Å². The number of carboxylic acids is 1. The molecule has 0 heterocycles. The van der Waals surface area contributed by atoms with Gasteiger partial charge in [-0.3, -0.25) is 4.79 Å². The lowest BCUT2D eigenvalue weighted by atomic mass is 10.0. The molecule has 0 saturated heterocycles. The Hall–Kier alpha value is -3.72. The number of aliphatic carboxylic acids is 1. The van der Waals surface area contributed by atoms with Gasteiger partial charge >= 0.3 is 5.97 Å². The molecule has 0 fully saturated rings.